The minimum atomic E-state index is 0.366. The standard InChI is InChI=1S/C14H20N2O/c15-10-5-7-11(8-6-10)16-13-9-17-14-4-2-1-3-12(13)14/h1-4,10-11,13,16H,5-9,15H2. The first kappa shape index (κ1) is 11.1. The van der Waals surface area contributed by atoms with E-state index in [1.807, 2.05) is 12.1 Å². The summed E-state index contributed by atoms with van der Waals surface area (Å²) in [5, 5.41) is 3.71. The Labute approximate surface area is 102 Å². The Morgan fingerprint density at radius 3 is 2.71 bits per heavy atom. The van der Waals surface area contributed by atoms with Gasteiger partial charge in [-0.3, -0.25) is 0 Å². The van der Waals surface area contributed by atoms with Crippen molar-refractivity contribution in [2.24, 2.45) is 5.73 Å². The zero-order chi connectivity index (χ0) is 11.7. The van der Waals surface area contributed by atoms with Gasteiger partial charge in [0.2, 0.25) is 0 Å². The van der Waals surface area contributed by atoms with Gasteiger partial charge in [0.15, 0.2) is 0 Å². The molecule has 1 unspecified atom stereocenters. The number of para-hydroxylation sites is 1. The van der Waals surface area contributed by atoms with Crippen molar-refractivity contribution in [2.75, 3.05) is 6.61 Å². The van der Waals surface area contributed by atoms with Crippen LogP contribution in [0, 0.1) is 0 Å². The second kappa shape index (κ2) is 4.67. The van der Waals surface area contributed by atoms with Crippen molar-refractivity contribution in [3.8, 4) is 5.75 Å². The Morgan fingerprint density at radius 2 is 1.88 bits per heavy atom. The summed E-state index contributed by atoms with van der Waals surface area (Å²) in [7, 11) is 0. The highest BCUT2D eigenvalue weighted by Crippen LogP contribution is 2.33. The maximum atomic E-state index is 5.93. The van der Waals surface area contributed by atoms with Crippen LogP contribution in [0.25, 0.3) is 0 Å². The summed E-state index contributed by atoms with van der Waals surface area (Å²) in [5.41, 5.74) is 7.24. The quantitative estimate of drug-likeness (QED) is 0.819. The molecule has 1 aromatic carbocycles. The van der Waals surface area contributed by atoms with Gasteiger partial charge in [0.1, 0.15) is 12.4 Å². The third kappa shape index (κ3) is 2.31. The molecule has 0 saturated heterocycles. The van der Waals surface area contributed by atoms with Crippen molar-refractivity contribution >= 4 is 0 Å². The fourth-order valence-corrected chi connectivity index (χ4v) is 2.87. The van der Waals surface area contributed by atoms with Gasteiger partial charge in [-0.25, -0.2) is 0 Å². The molecule has 1 aliphatic heterocycles. The molecule has 1 aliphatic carbocycles. The number of nitrogens with two attached hydrogens (primary N) is 1. The van der Waals surface area contributed by atoms with Crippen LogP contribution in [0.4, 0.5) is 0 Å². The first-order valence-corrected chi connectivity index (χ1v) is 6.56. The molecule has 3 N–H and O–H groups in total. The summed E-state index contributed by atoms with van der Waals surface area (Å²) in [5.74, 6) is 1.04. The highest BCUT2D eigenvalue weighted by molar-refractivity contribution is 5.39. The molecule has 0 radical (unpaired) electrons. The van der Waals surface area contributed by atoms with Gasteiger partial charge >= 0.3 is 0 Å². The zero-order valence-corrected chi connectivity index (χ0v) is 10.1. The monoisotopic (exact) mass is 232 g/mol. The first-order valence-electron chi connectivity index (χ1n) is 6.56. The van der Waals surface area contributed by atoms with Crippen molar-refractivity contribution in [3.63, 3.8) is 0 Å². The van der Waals surface area contributed by atoms with Crippen molar-refractivity contribution in [1.82, 2.24) is 5.32 Å². The lowest BCUT2D eigenvalue weighted by Crippen LogP contribution is -2.39. The maximum absolute atomic E-state index is 5.93. The van der Waals surface area contributed by atoms with Crippen LogP contribution in [-0.2, 0) is 0 Å². The molecule has 1 atom stereocenters. The molecule has 1 heterocycles. The van der Waals surface area contributed by atoms with Gasteiger partial charge in [0, 0.05) is 17.6 Å². The molecule has 17 heavy (non-hydrogen) atoms. The van der Waals surface area contributed by atoms with Crippen LogP contribution in [0.2, 0.25) is 0 Å². The van der Waals surface area contributed by atoms with E-state index in [2.05, 4.69) is 17.4 Å². The second-order valence-corrected chi connectivity index (χ2v) is 5.18. The van der Waals surface area contributed by atoms with Crippen molar-refractivity contribution in [2.45, 2.75) is 43.8 Å². The van der Waals surface area contributed by atoms with E-state index in [0.29, 0.717) is 18.1 Å². The van der Waals surface area contributed by atoms with Crippen molar-refractivity contribution in [3.05, 3.63) is 29.8 Å². The molecule has 0 aromatic heterocycles. The van der Waals surface area contributed by atoms with Gasteiger partial charge in [-0.1, -0.05) is 18.2 Å². The van der Waals surface area contributed by atoms with Gasteiger partial charge in [-0.2, -0.15) is 0 Å². The minimum Gasteiger partial charge on any atom is -0.491 e. The third-order valence-corrected chi connectivity index (χ3v) is 3.91. The molecule has 0 amide bonds. The van der Waals surface area contributed by atoms with Crippen LogP contribution in [0.1, 0.15) is 37.3 Å². The Kier molecular flexibility index (Phi) is 3.04. The maximum Gasteiger partial charge on any atom is 0.124 e. The van der Waals surface area contributed by atoms with Crippen LogP contribution in [0.5, 0.6) is 5.75 Å². The SMILES string of the molecule is NC1CCC(NC2COc3ccccc32)CC1. The van der Waals surface area contributed by atoms with E-state index in [9.17, 15) is 0 Å². The lowest BCUT2D eigenvalue weighted by Gasteiger charge is -2.29. The Balaban J connectivity index is 1.64. The largest absolute Gasteiger partial charge is 0.491 e. The average Bonchev–Trinajstić information content (AvgIpc) is 2.76. The van der Waals surface area contributed by atoms with Gasteiger partial charge < -0.3 is 15.8 Å². The number of hydrogen-bond donors (Lipinski definition) is 2. The van der Waals surface area contributed by atoms with Gasteiger partial charge in [0.25, 0.3) is 0 Å². The smallest absolute Gasteiger partial charge is 0.124 e. The van der Waals surface area contributed by atoms with Crippen LogP contribution < -0.4 is 15.8 Å². The Morgan fingerprint density at radius 1 is 1.12 bits per heavy atom. The summed E-state index contributed by atoms with van der Waals surface area (Å²) in [6.07, 6.45) is 4.68. The molecule has 3 rings (SSSR count). The summed E-state index contributed by atoms with van der Waals surface area (Å²) in [6.45, 7) is 0.766. The summed E-state index contributed by atoms with van der Waals surface area (Å²) in [6, 6.07) is 9.71. The third-order valence-electron chi connectivity index (χ3n) is 3.91. The lowest BCUT2D eigenvalue weighted by atomic mass is 9.91. The predicted octanol–water partition coefficient (Wildman–Crippen LogP) is 1.98. The normalized spacial score (nSPS) is 31.9. The predicted molar refractivity (Wildman–Crippen MR) is 68.0 cm³/mol. The molecule has 2 aliphatic rings. The van der Waals surface area contributed by atoms with E-state index >= 15 is 0 Å². The highest BCUT2D eigenvalue weighted by atomic mass is 16.5. The van der Waals surface area contributed by atoms with Crippen LogP contribution in [-0.4, -0.2) is 18.7 Å². The fourth-order valence-electron chi connectivity index (χ4n) is 2.87. The number of ether oxygens (including phenoxy) is 1. The van der Waals surface area contributed by atoms with Crippen LogP contribution in [0.15, 0.2) is 24.3 Å². The van der Waals surface area contributed by atoms with E-state index in [4.69, 9.17) is 10.5 Å². The number of benzene rings is 1. The lowest BCUT2D eigenvalue weighted by molar-refractivity contribution is 0.267. The molecular weight excluding hydrogens is 212 g/mol. The van der Waals surface area contributed by atoms with E-state index in [-0.39, 0.29) is 0 Å². The van der Waals surface area contributed by atoms with E-state index in [0.717, 1.165) is 25.2 Å². The molecule has 92 valence electrons. The summed E-state index contributed by atoms with van der Waals surface area (Å²) < 4.78 is 5.69. The summed E-state index contributed by atoms with van der Waals surface area (Å²) in [4.78, 5) is 0. The minimum absolute atomic E-state index is 0.366. The molecule has 1 aromatic rings. The number of fused-ring (bicyclic) bond motifs is 1. The van der Waals surface area contributed by atoms with E-state index in [1.54, 1.807) is 0 Å². The number of hydrogen-bond acceptors (Lipinski definition) is 3. The van der Waals surface area contributed by atoms with Crippen molar-refractivity contribution < 1.29 is 4.74 Å². The molecule has 3 nitrogen and oxygen atoms in total. The zero-order valence-electron chi connectivity index (χ0n) is 10.1. The molecule has 1 saturated carbocycles. The summed E-state index contributed by atoms with van der Waals surface area (Å²) >= 11 is 0. The molecule has 3 heteroatoms. The first-order chi connectivity index (χ1) is 8.33. The second-order valence-electron chi connectivity index (χ2n) is 5.18. The number of nitrogens with one attached hydrogen (secondary N) is 1. The van der Waals surface area contributed by atoms with Gasteiger partial charge in [-0.05, 0) is 31.7 Å². The van der Waals surface area contributed by atoms with E-state index in [1.165, 1.54) is 18.4 Å². The molecule has 0 spiro atoms. The van der Waals surface area contributed by atoms with Crippen LogP contribution >= 0.6 is 0 Å². The molecule has 1 fully saturated rings. The highest BCUT2D eigenvalue weighted by Gasteiger charge is 2.27. The average molecular weight is 232 g/mol. The fraction of sp³-hybridized carbons (Fsp3) is 0.571. The van der Waals surface area contributed by atoms with Crippen LogP contribution in [0.3, 0.4) is 0 Å². The van der Waals surface area contributed by atoms with Gasteiger partial charge in [-0.15, -0.1) is 0 Å². The van der Waals surface area contributed by atoms with Gasteiger partial charge in [0.05, 0.1) is 6.04 Å². The van der Waals surface area contributed by atoms with Crippen molar-refractivity contribution in [1.29, 1.82) is 0 Å². The topological polar surface area (TPSA) is 47.3 Å². The Hall–Kier alpha value is -1.06. The number of rotatable bonds is 2. The molecular formula is C14H20N2O. The Bertz CT molecular complexity index is 386. The van der Waals surface area contributed by atoms with E-state index < -0.39 is 0 Å². The molecule has 0 bridgehead atoms.